The van der Waals surface area contributed by atoms with Crippen LogP contribution in [0.2, 0.25) is 0 Å². The molecule has 0 bridgehead atoms. The zero-order valence-electron chi connectivity index (χ0n) is 11.6. The standard InChI is InChI=1S/C13H16BNO5/c1-9-4-5-11(10(8-9)15-14-19-3)20-13(17)7-6-12(16)18-2/h4-8,14-15H,1-3H3/b7-6+. The second-order valence-electron chi connectivity index (χ2n) is 3.89. The van der Waals surface area contributed by atoms with Crippen molar-refractivity contribution in [2.75, 3.05) is 19.4 Å². The van der Waals surface area contributed by atoms with Gasteiger partial charge in [0.05, 0.1) is 12.8 Å². The lowest BCUT2D eigenvalue weighted by molar-refractivity contribution is -0.135. The maximum atomic E-state index is 11.6. The number of methoxy groups -OCH3 is 1. The summed E-state index contributed by atoms with van der Waals surface area (Å²) in [5.41, 5.74) is 1.64. The van der Waals surface area contributed by atoms with E-state index in [1.165, 1.54) is 7.11 Å². The average Bonchev–Trinajstić information content (AvgIpc) is 2.44. The van der Waals surface area contributed by atoms with Crippen molar-refractivity contribution in [3.63, 3.8) is 0 Å². The van der Waals surface area contributed by atoms with Crippen molar-refractivity contribution in [1.29, 1.82) is 0 Å². The summed E-state index contributed by atoms with van der Waals surface area (Å²) in [5.74, 6) is -0.935. The minimum absolute atomic E-state index is 0.284. The van der Waals surface area contributed by atoms with E-state index in [1.807, 2.05) is 19.1 Å². The van der Waals surface area contributed by atoms with E-state index in [-0.39, 0.29) is 7.62 Å². The summed E-state index contributed by atoms with van der Waals surface area (Å²) >= 11 is 0. The lowest BCUT2D eigenvalue weighted by atomic mass is 10.1. The summed E-state index contributed by atoms with van der Waals surface area (Å²) in [6.07, 6.45) is 2.00. The van der Waals surface area contributed by atoms with Crippen molar-refractivity contribution in [3.8, 4) is 5.75 Å². The highest BCUT2D eigenvalue weighted by Gasteiger charge is 2.08. The van der Waals surface area contributed by atoms with Gasteiger partial charge in [0.2, 0.25) is 0 Å². The summed E-state index contributed by atoms with van der Waals surface area (Å²) in [6, 6.07) is 5.30. The van der Waals surface area contributed by atoms with Crippen LogP contribution < -0.4 is 9.96 Å². The van der Waals surface area contributed by atoms with Crippen molar-refractivity contribution in [1.82, 2.24) is 0 Å². The molecule has 0 aliphatic heterocycles. The van der Waals surface area contributed by atoms with E-state index >= 15 is 0 Å². The van der Waals surface area contributed by atoms with Crippen molar-refractivity contribution >= 4 is 25.2 Å². The Morgan fingerprint density at radius 3 is 2.55 bits per heavy atom. The molecule has 0 heterocycles. The Morgan fingerprint density at radius 2 is 1.90 bits per heavy atom. The molecule has 0 saturated carbocycles. The molecular formula is C13H16BNO5. The third-order valence-corrected chi connectivity index (χ3v) is 2.31. The fraction of sp³-hybridized carbons (Fsp3) is 0.231. The molecule has 0 aliphatic carbocycles. The number of nitrogens with one attached hydrogen (secondary N) is 1. The van der Waals surface area contributed by atoms with Gasteiger partial charge in [0.25, 0.3) is 0 Å². The average molecular weight is 277 g/mol. The predicted molar refractivity (Wildman–Crippen MR) is 75.8 cm³/mol. The molecule has 0 aromatic heterocycles. The number of aryl methyl sites for hydroxylation is 1. The first-order valence-electron chi connectivity index (χ1n) is 5.88. The van der Waals surface area contributed by atoms with E-state index in [0.29, 0.717) is 11.4 Å². The fourth-order valence-electron chi connectivity index (χ4n) is 1.37. The smallest absolute Gasteiger partial charge is 0.394 e. The van der Waals surface area contributed by atoms with Gasteiger partial charge in [0, 0.05) is 19.3 Å². The van der Waals surface area contributed by atoms with Crippen molar-refractivity contribution in [2.24, 2.45) is 0 Å². The Balaban J connectivity index is 2.78. The van der Waals surface area contributed by atoms with E-state index in [1.54, 1.807) is 13.2 Å². The van der Waals surface area contributed by atoms with Gasteiger partial charge in [0.15, 0.2) is 5.75 Å². The van der Waals surface area contributed by atoms with Gasteiger partial charge in [-0.25, -0.2) is 9.59 Å². The monoisotopic (exact) mass is 277 g/mol. The summed E-state index contributed by atoms with van der Waals surface area (Å²) in [4.78, 5) is 22.4. The highest BCUT2D eigenvalue weighted by atomic mass is 16.5. The predicted octanol–water partition coefficient (Wildman–Crippen LogP) is 0.954. The number of rotatable bonds is 6. The first kappa shape index (κ1) is 15.8. The summed E-state index contributed by atoms with van der Waals surface area (Å²) in [6.45, 7) is 1.92. The molecule has 0 atom stereocenters. The molecule has 7 heteroatoms. The Labute approximate surface area is 118 Å². The molecule has 0 radical (unpaired) electrons. The molecule has 0 unspecified atom stereocenters. The van der Waals surface area contributed by atoms with Crippen molar-refractivity contribution in [3.05, 3.63) is 35.9 Å². The van der Waals surface area contributed by atoms with E-state index in [9.17, 15) is 9.59 Å². The molecule has 0 aliphatic rings. The Hall–Kier alpha value is -2.28. The first-order chi connectivity index (χ1) is 9.56. The van der Waals surface area contributed by atoms with Crippen LogP contribution in [0.4, 0.5) is 5.69 Å². The maximum absolute atomic E-state index is 11.6. The normalized spacial score (nSPS) is 10.2. The third kappa shape index (κ3) is 5.15. The molecule has 106 valence electrons. The Morgan fingerprint density at radius 1 is 1.20 bits per heavy atom. The zero-order chi connectivity index (χ0) is 15.0. The molecule has 1 aromatic carbocycles. The van der Waals surface area contributed by atoms with Gasteiger partial charge in [-0.15, -0.1) is 0 Å². The van der Waals surface area contributed by atoms with Crippen LogP contribution >= 0.6 is 0 Å². The largest absolute Gasteiger partial charge is 0.466 e. The van der Waals surface area contributed by atoms with E-state index < -0.39 is 11.9 Å². The van der Waals surface area contributed by atoms with Crippen LogP contribution in [-0.2, 0) is 19.0 Å². The van der Waals surface area contributed by atoms with E-state index in [2.05, 4.69) is 9.96 Å². The third-order valence-electron chi connectivity index (χ3n) is 2.31. The SMILES string of the molecule is COBNc1cc(C)ccc1OC(=O)/C=C/C(=O)OC. The molecule has 0 saturated heterocycles. The van der Waals surface area contributed by atoms with Crippen LogP contribution in [0, 0.1) is 6.92 Å². The molecule has 0 fully saturated rings. The molecule has 1 aromatic rings. The number of carbonyl (C=O) groups excluding carboxylic acids is 2. The van der Waals surface area contributed by atoms with Gasteiger partial charge < -0.3 is 19.4 Å². The topological polar surface area (TPSA) is 73.9 Å². The molecular weight excluding hydrogens is 261 g/mol. The van der Waals surface area contributed by atoms with Gasteiger partial charge in [-0.2, -0.15) is 0 Å². The Kier molecular flexibility index (Phi) is 6.32. The van der Waals surface area contributed by atoms with Gasteiger partial charge in [-0.1, -0.05) is 6.07 Å². The number of hydrogen-bond donors (Lipinski definition) is 1. The summed E-state index contributed by atoms with van der Waals surface area (Å²) in [7, 11) is 3.06. The van der Waals surface area contributed by atoms with Gasteiger partial charge in [-0.05, 0) is 24.6 Å². The number of anilines is 1. The van der Waals surface area contributed by atoms with Gasteiger partial charge in [-0.3, -0.25) is 0 Å². The highest BCUT2D eigenvalue weighted by molar-refractivity contribution is 6.32. The van der Waals surface area contributed by atoms with Crippen LogP contribution in [0.25, 0.3) is 0 Å². The maximum Gasteiger partial charge on any atom is 0.394 e. The minimum atomic E-state index is -0.667. The van der Waals surface area contributed by atoms with Crippen LogP contribution in [-0.4, -0.2) is 33.8 Å². The minimum Gasteiger partial charge on any atom is -0.466 e. The number of hydrogen-bond acceptors (Lipinski definition) is 6. The van der Waals surface area contributed by atoms with Crippen LogP contribution in [0.5, 0.6) is 5.75 Å². The number of carbonyl (C=O) groups is 2. The molecule has 0 amide bonds. The fourth-order valence-corrected chi connectivity index (χ4v) is 1.37. The van der Waals surface area contributed by atoms with Crippen LogP contribution in [0.3, 0.4) is 0 Å². The number of ether oxygens (including phenoxy) is 2. The van der Waals surface area contributed by atoms with E-state index in [4.69, 9.17) is 9.39 Å². The quantitative estimate of drug-likeness (QED) is 0.361. The summed E-state index contributed by atoms with van der Waals surface area (Å²) < 4.78 is 14.4. The van der Waals surface area contributed by atoms with E-state index in [0.717, 1.165) is 17.7 Å². The number of esters is 2. The molecule has 1 rings (SSSR count). The van der Waals surface area contributed by atoms with Gasteiger partial charge >= 0.3 is 19.6 Å². The van der Waals surface area contributed by atoms with Crippen molar-refractivity contribution in [2.45, 2.75) is 6.92 Å². The van der Waals surface area contributed by atoms with Crippen molar-refractivity contribution < 1.29 is 23.7 Å². The van der Waals surface area contributed by atoms with Crippen LogP contribution in [0.1, 0.15) is 5.56 Å². The highest BCUT2D eigenvalue weighted by Crippen LogP contribution is 2.25. The second-order valence-corrected chi connectivity index (χ2v) is 3.89. The first-order valence-corrected chi connectivity index (χ1v) is 5.88. The van der Waals surface area contributed by atoms with Crippen LogP contribution in [0.15, 0.2) is 30.4 Å². The molecule has 20 heavy (non-hydrogen) atoms. The lowest BCUT2D eigenvalue weighted by Crippen LogP contribution is -2.12. The molecule has 1 N–H and O–H groups in total. The number of benzene rings is 1. The molecule has 6 nitrogen and oxygen atoms in total. The lowest BCUT2D eigenvalue weighted by Gasteiger charge is -2.11. The zero-order valence-corrected chi connectivity index (χ0v) is 11.6. The molecule has 0 spiro atoms. The Bertz CT molecular complexity index is 515. The summed E-state index contributed by atoms with van der Waals surface area (Å²) in [5, 5.41) is 2.97. The second kappa shape index (κ2) is 8.01. The van der Waals surface area contributed by atoms with Gasteiger partial charge in [0.1, 0.15) is 0 Å².